The van der Waals surface area contributed by atoms with Crippen molar-refractivity contribution in [3.8, 4) is 11.1 Å². The topological polar surface area (TPSA) is 46.2 Å². The van der Waals surface area contributed by atoms with Crippen LogP contribution in [0.5, 0.6) is 0 Å². The molecule has 0 saturated heterocycles. The molecule has 0 saturated carbocycles. The summed E-state index contributed by atoms with van der Waals surface area (Å²) >= 11 is 0. The first-order valence-electron chi connectivity index (χ1n) is 8.24. The molecule has 0 unspecified atom stereocenters. The third-order valence-corrected chi connectivity index (χ3v) is 5.58. The van der Waals surface area contributed by atoms with Gasteiger partial charge in [-0.25, -0.2) is 17.2 Å². The molecular formula is C20H14F5NO2S. The number of sulfonamides is 1. The normalized spacial score (nSPS) is 12.1. The molecule has 3 aromatic rings. The van der Waals surface area contributed by atoms with E-state index in [1.165, 1.54) is 31.2 Å². The van der Waals surface area contributed by atoms with E-state index in [2.05, 4.69) is 4.72 Å². The molecule has 0 aliphatic rings. The Morgan fingerprint density at radius 3 is 2.07 bits per heavy atom. The van der Waals surface area contributed by atoms with E-state index in [4.69, 9.17) is 0 Å². The van der Waals surface area contributed by atoms with Gasteiger partial charge >= 0.3 is 6.18 Å². The average Bonchev–Trinajstić information content (AvgIpc) is 2.64. The minimum Gasteiger partial charge on any atom is -0.279 e. The van der Waals surface area contributed by atoms with Crippen LogP contribution in [-0.4, -0.2) is 8.42 Å². The van der Waals surface area contributed by atoms with Gasteiger partial charge in [-0.2, -0.15) is 13.2 Å². The van der Waals surface area contributed by atoms with Crippen molar-refractivity contribution in [2.75, 3.05) is 4.72 Å². The molecule has 1 N–H and O–H groups in total. The number of alkyl halides is 3. The fraction of sp³-hybridized carbons (Fsp3) is 0.100. The number of hydrogen-bond donors (Lipinski definition) is 1. The third kappa shape index (κ3) is 4.40. The van der Waals surface area contributed by atoms with Gasteiger partial charge in [-0.15, -0.1) is 0 Å². The molecule has 152 valence electrons. The van der Waals surface area contributed by atoms with Gasteiger partial charge in [0.1, 0.15) is 0 Å². The van der Waals surface area contributed by atoms with Gasteiger partial charge in [-0.1, -0.05) is 30.3 Å². The van der Waals surface area contributed by atoms with Crippen molar-refractivity contribution >= 4 is 15.7 Å². The number of hydrogen-bond acceptors (Lipinski definition) is 2. The summed E-state index contributed by atoms with van der Waals surface area (Å²) in [6, 6.07) is 11.6. The van der Waals surface area contributed by atoms with E-state index in [-0.39, 0.29) is 27.3 Å². The van der Waals surface area contributed by atoms with Gasteiger partial charge in [-0.3, -0.25) is 4.72 Å². The number of aryl methyl sites for hydroxylation is 1. The maximum absolute atomic E-state index is 13.8. The Morgan fingerprint density at radius 2 is 1.48 bits per heavy atom. The van der Waals surface area contributed by atoms with E-state index in [1.54, 1.807) is 6.07 Å². The standard InChI is InChI=1S/C20H14F5NO2S/c1-12-9-13(7-8-16(12)20(23,24)25)15-10-17(21)18(22)11-19(15)26-29(27,28)14-5-3-2-4-6-14/h2-11,26H,1H3. The molecular weight excluding hydrogens is 413 g/mol. The van der Waals surface area contributed by atoms with Crippen molar-refractivity contribution in [2.45, 2.75) is 18.0 Å². The fourth-order valence-corrected chi connectivity index (χ4v) is 3.91. The van der Waals surface area contributed by atoms with Crippen LogP contribution in [0.3, 0.4) is 0 Å². The predicted octanol–water partition coefficient (Wildman–Crippen LogP) is 5.76. The molecule has 0 aliphatic carbocycles. The largest absolute Gasteiger partial charge is 0.416 e. The molecule has 29 heavy (non-hydrogen) atoms. The Bertz CT molecular complexity index is 1160. The molecule has 3 nitrogen and oxygen atoms in total. The van der Waals surface area contributed by atoms with Gasteiger partial charge in [-0.05, 0) is 42.3 Å². The molecule has 0 aliphatic heterocycles. The molecule has 0 fully saturated rings. The van der Waals surface area contributed by atoms with Crippen molar-refractivity contribution in [2.24, 2.45) is 0 Å². The number of anilines is 1. The Morgan fingerprint density at radius 1 is 0.862 bits per heavy atom. The molecule has 0 amide bonds. The molecule has 0 atom stereocenters. The zero-order chi connectivity index (χ0) is 21.4. The number of halogens is 5. The molecule has 0 spiro atoms. The van der Waals surface area contributed by atoms with Gasteiger partial charge in [0.05, 0.1) is 16.1 Å². The van der Waals surface area contributed by atoms with Crippen molar-refractivity contribution in [3.63, 3.8) is 0 Å². The summed E-state index contributed by atoms with van der Waals surface area (Å²) in [5, 5.41) is 0. The summed E-state index contributed by atoms with van der Waals surface area (Å²) < 4.78 is 93.9. The van der Waals surface area contributed by atoms with Crippen LogP contribution in [0.1, 0.15) is 11.1 Å². The highest BCUT2D eigenvalue weighted by atomic mass is 32.2. The summed E-state index contributed by atoms with van der Waals surface area (Å²) in [6.45, 7) is 1.22. The lowest BCUT2D eigenvalue weighted by Gasteiger charge is -2.16. The van der Waals surface area contributed by atoms with Crippen LogP contribution in [0.25, 0.3) is 11.1 Å². The van der Waals surface area contributed by atoms with Gasteiger partial charge < -0.3 is 0 Å². The lowest BCUT2D eigenvalue weighted by atomic mass is 9.98. The van der Waals surface area contributed by atoms with E-state index in [0.717, 1.165) is 24.3 Å². The van der Waals surface area contributed by atoms with Crippen LogP contribution >= 0.6 is 0 Å². The summed E-state index contributed by atoms with van der Waals surface area (Å²) in [5.74, 6) is -2.57. The van der Waals surface area contributed by atoms with Gasteiger partial charge in [0, 0.05) is 11.6 Å². The average molecular weight is 427 g/mol. The van der Waals surface area contributed by atoms with E-state index in [0.29, 0.717) is 6.07 Å². The van der Waals surface area contributed by atoms with Crippen LogP contribution in [0, 0.1) is 18.6 Å². The van der Waals surface area contributed by atoms with Crippen molar-refractivity contribution in [3.05, 3.63) is 83.4 Å². The molecule has 9 heteroatoms. The highest BCUT2D eigenvalue weighted by Gasteiger charge is 2.32. The highest BCUT2D eigenvalue weighted by Crippen LogP contribution is 2.37. The maximum Gasteiger partial charge on any atom is 0.416 e. The predicted molar refractivity (Wildman–Crippen MR) is 98.8 cm³/mol. The fourth-order valence-electron chi connectivity index (χ4n) is 2.82. The van der Waals surface area contributed by atoms with Crippen LogP contribution in [0.4, 0.5) is 27.6 Å². The van der Waals surface area contributed by atoms with Crippen LogP contribution in [-0.2, 0) is 16.2 Å². The molecule has 0 aromatic heterocycles. The summed E-state index contributed by atoms with van der Waals surface area (Å²) in [5.41, 5.74) is -1.32. The van der Waals surface area contributed by atoms with E-state index < -0.39 is 33.4 Å². The highest BCUT2D eigenvalue weighted by molar-refractivity contribution is 7.92. The molecule has 3 rings (SSSR count). The first-order chi connectivity index (χ1) is 13.5. The third-order valence-electron chi connectivity index (χ3n) is 4.20. The summed E-state index contributed by atoms with van der Waals surface area (Å²) in [7, 11) is -4.13. The first-order valence-corrected chi connectivity index (χ1v) is 9.72. The zero-order valence-electron chi connectivity index (χ0n) is 14.9. The Hall–Kier alpha value is -2.94. The lowest BCUT2D eigenvalue weighted by Crippen LogP contribution is -2.14. The van der Waals surface area contributed by atoms with Gasteiger partial charge in [0.2, 0.25) is 0 Å². The Kier molecular flexibility index (Phi) is 5.36. The second-order valence-electron chi connectivity index (χ2n) is 6.26. The molecule has 0 bridgehead atoms. The number of benzene rings is 3. The smallest absolute Gasteiger partial charge is 0.279 e. The molecule has 0 radical (unpaired) electrons. The second-order valence-corrected chi connectivity index (χ2v) is 7.94. The van der Waals surface area contributed by atoms with Crippen LogP contribution < -0.4 is 4.72 Å². The first kappa shape index (κ1) is 20.8. The van der Waals surface area contributed by atoms with E-state index >= 15 is 0 Å². The van der Waals surface area contributed by atoms with Crippen LogP contribution in [0.2, 0.25) is 0 Å². The van der Waals surface area contributed by atoms with Crippen molar-refractivity contribution in [1.29, 1.82) is 0 Å². The Labute approximate surface area is 163 Å². The maximum atomic E-state index is 13.8. The summed E-state index contributed by atoms with van der Waals surface area (Å²) in [4.78, 5) is -0.112. The zero-order valence-corrected chi connectivity index (χ0v) is 15.7. The Balaban J connectivity index is 2.11. The van der Waals surface area contributed by atoms with Gasteiger partial charge in [0.25, 0.3) is 10.0 Å². The molecule has 0 heterocycles. The lowest BCUT2D eigenvalue weighted by molar-refractivity contribution is -0.138. The summed E-state index contributed by atoms with van der Waals surface area (Å²) in [6.07, 6.45) is -4.58. The van der Waals surface area contributed by atoms with Crippen molar-refractivity contribution < 1.29 is 30.4 Å². The SMILES string of the molecule is Cc1cc(-c2cc(F)c(F)cc2NS(=O)(=O)c2ccccc2)ccc1C(F)(F)F. The van der Waals surface area contributed by atoms with Crippen molar-refractivity contribution in [1.82, 2.24) is 0 Å². The minimum absolute atomic E-state index is 0.0970. The van der Waals surface area contributed by atoms with E-state index in [1.807, 2.05) is 0 Å². The molecule has 3 aromatic carbocycles. The number of nitrogens with one attached hydrogen (secondary N) is 1. The monoisotopic (exact) mass is 427 g/mol. The quantitative estimate of drug-likeness (QED) is 0.538. The number of rotatable bonds is 4. The minimum atomic E-state index is -4.58. The van der Waals surface area contributed by atoms with E-state index in [9.17, 15) is 30.4 Å². The second kappa shape index (κ2) is 7.47. The van der Waals surface area contributed by atoms with Gasteiger partial charge in [0.15, 0.2) is 11.6 Å². The van der Waals surface area contributed by atoms with Crippen LogP contribution in [0.15, 0.2) is 65.6 Å².